The Labute approximate surface area is 168 Å². The van der Waals surface area contributed by atoms with Gasteiger partial charge in [-0.1, -0.05) is 6.07 Å². The third-order valence-electron chi connectivity index (χ3n) is 4.91. The molecule has 1 aliphatic rings. The third kappa shape index (κ3) is 3.87. The van der Waals surface area contributed by atoms with Gasteiger partial charge in [0, 0.05) is 30.3 Å². The van der Waals surface area contributed by atoms with Crippen LogP contribution in [0.25, 0.3) is 11.3 Å². The number of nitrogens with one attached hydrogen (secondary N) is 1. The second kappa shape index (κ2) is 8.26. The number of anilines is 1. The zero-order valence-corrected chi connectivity index (χ0v) is 16.8. The van der Waals surface area contributed by atoms with E-state index in [0.717, 1.165) is 34.1 Å². The van der Waals surface area contributed by atoms with Gasteiger partial charge in [-0.05, 0) is 43.2 Å². The number of methoxy groups -OCH3 is 1. The van der Waals surface area contributed by atoms with E-state index in [4.69, 9.17) is 9.15 Å². The third-order valence-corrected chi connectivity index (χ3v) is 5.68. The summed E-state index contributed by atoms with van der Waals surface area (Å²) in [4.78, 5) is 19.2. The summed E-state index contributed by atoms with van der Waals surface area (Å²) in [7, 11) is 1.64. The van der Waals surface area contributed by atoms with Crippen molar-refractivity contribution in [3.8, 4) is 11.3 Å². The lowest BCUT2D eigenvalue weighted by atomic mass is 10.1. The van der Waals surface area contributed by atoms with Gasteiger partial charge in [0.05, 0.1) is 36.2 Å². The molecule has 2 aromatic heterocycles. The van der Waals surface area contributed by atoms with Gasteiger partial charge in [0.1, 0.15) is 5.76 Å². The normalized spacial score (nSPS) is 14.3. The van der Waals surface area contributed by atoms with Crippen LogP contribution in [0.15, 0.2) is 46.4 Å². The first-order valence-corrected chi connectivity index (χ1v) is 10.1. The maximum atomic E-state index is 12.8. The number of nitrogens with zero attached hydrogens (tertiary/aromatic N) is 2. The summed E-state index contributed by atoms with van der Waals surface area (Å²) in [6.07, 6.45) is 2.48. The van der Waals surface area contributed by atoms with Crippen molar-refractivity contribution in [1.29, 1.82) is 0 Å². The number of hydrogen-bond acceptors (Lipinski definition) is 6. The quantitative estimate of drug-likeness (QED) is 0.660. The molecule has 4 rings (SSSR count). The molecular weight excluding hydrogens is 374 g/mol. The Morgan fingerprint density at radius 2 is 2.32 bits per heavy atom. The lowest BCUT2D eigenvalue weighted by molar-refractivity contribution is -0.117. The fourth-order valence-corrected chi connectivity index (χ4v) is 4.14. The molecule has 0 bridgehead atoms. The molecule has 6 nitrogen and oxygen atoms in total. The monoisotopic (exact) mass is 397 g/mol. The first-order chi connectivity index (χ1) is 13.7. The van der Waals surface area contributed by atoms with Crippen molar-refractivity contribution in [2.75, 3.05) is 31.7 Å². The van der Waals surface area contributed by atoms with Crippen molar-refractivity contribution >= 4 is 22.9 Å². The van der Waals surface area contributed by atoms with E-state index in [0.29, 0.717) is 13.2 Å². The van der Waals surface area contributed by atoms with Crippen LogP contribution >= 0.6 is 11.3 Å². The molecule has 1 aromatic carbocycles. The number of carbonyl (C=O) groups excluding carboxylic acids is 1. The Bertz CT molecular complexity index is 952. The van der Waals surface area contributed by atoms with E-state index >= 15 is 0 Å². The van der Waals surface area contributed by atoms with Gasteiger partial charge in [-0.25, -0.2) is 4.98 Å². The van der Waals surface area contributed by atoms with E-state index in [-0.39, 0.29) is 18.5 Å². The van der Waals surface area contributed by atoms with Crippen LogP contribution in [0.3, 0.4) is 0 Å². The molecule has 1 amide bonds. The molecule has 0 fully saturated rings. The standard InChI is InChI=1S/C21H23N3O3S/c1-14-23-18(13-28-14)15-5-6-19-16(10-15)7-8-24(19)21(25)11-22-17(12-26-2)20-4-3-9-27-20/h3-6,9-10,13,17,22H,7-8,11-12H2,1-2H3. The van der Waals surface area contributed by atoms with Gasteiger partial charge >= 0.3 is 0 Å². The molecular formula is C21H23N3O3S. The highest BCUT2D eigenvalue weighted by Gasteiger charge is 2.26. The van der Waals surface area contributed by atoms with Crippen LogP contribution in [0.5, 0.6) is 0 Å². The summed E-state index contributed by atoms with van der Waals surface area (Å²) in [5.74, 6) is 0.809. The summed E-state index contributed by atoms with van der Waals surface area (Å²) in [6.45, 7) is 3.37. The van der Waals surface area contributed by atoms with Gasteiger partial charge in [0.15, 0.2) is 0 Å². The summed E-state index contributed by atoms with van der Waals surface area (Å²) in [6, 6.07) is 9.79. The number of fused-ring (bicyclic) bond motifs is 1. The van der Waals surface area contributed by atoms with Crippen molar-refractivity contribution < 1.29 is 13.9 Å². The van der Waals surface area contributed by atoms with E-state index in [1.807, 2.05) is 36.1 Å². The van der Waals surface area contributed by atoms with Crippen LogP contribution in [-0.2, 0) is 16.0 Å². The minimum Gasteiger partial charge on any atom is -0.468 e. The number of aromatic nitrogens is 1. The largest absolute Gasteiger partial charge is 0.468 e. The van der Waals surface area contributed by atoms with E-state index in [1.165, 1.54) is 5.56 Å². The Kier molecular flexibility index (Phi) is 5.57. The Hall–Kier alpha value is -2.48. The second-order valence-corrected chi connectivity index (χ2v) is 7.86. The zero-order chi connectivity index (χ0) is 19.5. The highest BCUT2D eigenvalue weighted by atomic mass is 32.1. The van der Waals surface area contributed by atoms with Crippen LogP contribution in [0, 0.1) is 6.92 Å². The van der Waals surface area contributed by atoms with Gasteiger partial charge < -0.3 is 14.1 Å². The zero-order valence-electron chi connectivity index (χ0n) is 16.0. The number of carbonyl (C=O) groups is 1. The molecule has 0 spiro atoms. The number of amides is 1. The molecule has 1 atom stereocenters. The number of hydrogen-bond donors (Lipinski definition) is 1. The first-order valence-electron chi connectivity index (χ1n) is 9.27. The molecule has 28 heavy (non-hydrogen) atoms. The SMILES string of the molecule is COCC(NCC(=O)N1CCc2cc(-c3csc(C)n3)ccc21)c1ccco1. The van der Waals surface area contributed by atoms with Crippen molar-refractivity contribution in [2.45, 2.75) is 19.4 Å². The van der Waals surface area contributed by atoms with E-state index in [2.05, 4.69) is 21.7 Å². The average Bonchev–Trinajstić information content (AvgIpc) is 3.44. The predicted molar refractivity (Wildman–Crippen MR) is 110 cm³/mol. The number of furan rings is 1. The van der Waals surface area contributed by atoms with Gasteiger partial charge in [0.2, 0.25) is 5.91 Å². The molecule has 0 aliphatic carbocycles. The van der Waals surface area contributed by atoms with Crippen LogP contribution < -0.4 is 10.2 Å². The number of thiazole rings is 1. The van der Waals surface area contributed by atoms with Gasteiger partial charge in [-0.3, -0.25) is 10.1 Å². The van der Waals surface area contributed by atoms with Crippen molar-refractivity contribution in [1.82, 2.24) is 10.3 Å². The van der Waals surface area contributed by atoms with Crippen LogP contribution in [0.4, 0.5) is 5.69 Å². The van der Waals surface area contributed by atoms with Crippen LogP contribution in [0.2, 0.25) is 0 Å². The molecule has 3 heterocycles. The van der Waals surface area contributed by atoms with Crippen LogP contribution in [0.1, 0.15) is 22.4 Å². The molecule has 1 unspecified atom stereocenters. The molecule has 7 heteroatoms. The second-order valence-electron chi connectivity index (χ2n) is 6.79. The lowest BCUT2D eigenvalue weighted by Gasteiger charge is -2.20. The first kappa shape index (κ1) is 18.9. The van der Waals surface area contributed by atoms with Crippen LogP contribution in [-0.4, -0.2) is 37.7 Å². The maximum absolute atomic E-state index is 12.8. The molecule has 146 valence electrons. The Morgan fingerprint density at radius 3 is 3.04 bits per heavy atom. The van der Waals surface area contributed by atoms with Crippen molar-refractivity contribution in [2.24, 2.45) is 0 Å². The highest BCUT2D eigenvalue weighted by Crippen LogP contribution is 2.32. The summed E-state index contributed by atoms with van der Waals surface area (Å²) >= 11 is 1.65. The number of aryl methyl sites for hydroxylation is 1. The van der Waals surface area contributed by atoms with Crippen molar-refractivity contribution in [3.05, 3.63) is 58.3 Å². The lowest BCUT2D eigenvalue weighted by Crippen LogP contribution is -2.39. The summed E-state index contributed by atoms with van der Waals surface area (Å²) < 4.78 is 10.7. The van der Waals surface area contributed by atoms with E-state index in [1.54, 1.807) is 24.7 Å². The number of rotatable bonds is 7. The van der Waals surface area contributed by atoms with Gasteiger partial charge in [-0.2, -0.15) is 0 Å². The van der Waals surface area contributed by atoms with Crippen molar-refractivity contribution in [3.63, 3.8) is 0 Å². The molecule has 1 aliphatic heterocycles. The minimum absolute atomic E-state index is 0.0451. The fourth-order valence-electron chi connectivity index (χ4n) is 3.52. The molecule has 1 N–H and O–H groups in total. The van der Waals surface area contributed by atoms with Gasteiger partial charge in [0.25, 0.3) is 0 Å². The Morgan fingerprint density at radius 1 is 1.43 bits per heavy atom. The highest BCUT2D eigenvalue weighted by molar-refractivity contribution is 7.09. The van der Waals surface area contributed by atoms with E-state index in [9.17, 15) is 4.79 Å². The van der Waals surface area contributed by atoms with E-state index < -0.39 is 0 Å². The smallest absolute Gasteiger partial charge is 0.240 e. The molecule has 0 radical (unpaired) electrons. The minimum atomic E-state index is -0.152. The Balaban J connectivity index is 1.44. The summed E-state index contributed by atoms with van der Waals surface area (Å²) in [5.41, 5.74) is 4.28. The number of ether oxygens (including phenoxy) is 1. The molecule has 3 aromatic rings. The summed E-state index contributed by atoms with van der Waals surface area (Å²) in [5, 5.41) is 6.38. The van der Waals surface area contributed by atoms with Gasteiger partial charge in [-0.15, -0.1) is 11.3 Å². The predicted octanol–water partition coefficient (Wildman–Crippen LogP) is 3.58. The number of benzene rings is 1. The fraction of sp³-hybridized carbons (Fsp3) is 0.333. The molecule has 0 saturated carbocycles. The molecule has 0 saturated heterocycles. The average molecular weight is 398 g/mol. The topological polar surface area (TPSA) is 67.6 Å². The maximum Gasteiger partial charge on any atom is 0.240 e.